The lowest BCUT2D eigenvalue weighted by Crippen LogP contribution is -2.65. The second-order valence-corrected chi connectivity index (χ2v) is 7.00. The normalized spacial score (nSPS) is 46.7. The molecular formula is C15H24N2O2. The molecule has 0 saturated carbocycles. The summed E-state index contributed by atoms with van der Waals surface area (Å²) in [5, 5.41) is 9.92. The summed E-state index contributed by atoms with van der Waals surface area (Å²) in [4.78, 5) is 17.0. The van der Waals surface area contributed by atoms with Gasteiger partial charge in [0.1, 0.15) is 0 Å². The predicted octanol–water partition coefficient (Wildman–Crippen LogP) is 0.843. The first-order valence-corrected chi connectivity index (χ1v) is 7.94. The molecule has 0 aromatic heterocycles. The van der Waals surface area contributed by atoms with Gasteiger partial charge in [0.15, 0.2) is 0 Å². The van der Waals surface area contributed by atoms with E-state index in [1.807, 2.05) is 0 Å². The maximum absolute atomic E-state index is 12.1. The van der Waals surface area contributed by atoms with Gasteiger partial charge in [-0.1, -0.05) is 0 Å². The summed E-state index contributed by atoms with van der Waals surface area (Å²) in [5.41, 5.74) is 0. The molecule has 4 heterocycles. The number of aliphatic hydroxyl groups is 1. The van der Waals surface area contributed by atoms with E-state index in [4.69, 9.17) is 0 Å². The van der Waals surface area contributed by atoms with Gasteiger partial charge in [-0.25, -0.2) is 0 Å². The summed E-state index contributed by atoms with van der Waals surface area (Å²) in [6.07, 6.45) is 6.07. The Bertz CT molecular complexity index is 386. The van der Waals surface area contributed by atoms with Gasteiger partial charge in [-0.2, -0.15) is 0 Å². The van der Waals surface area contributed by atoms with Crippen LogP contribution in [0.2, 0.25) is 0 Å². The average Bonchev–Trinajstić information content (AvgIpc) is 2.41. The topological polar surface area (TPSA) is 43.8 Å². The van der Waals surface area contributed by atoms with Crippen LogP contribution in [-0.2, 0) is 4.79 Å². The van der Waals surface area contributed by atoms with Crippen LogP contribution in [0.15, 0.2) is 0 Å². The molecule has 4 aliphatic rings. The first kappa shape index (κ1) is 12.2. The lowest BCUT2D eigenvalue weighted by molar-refractivity contribution is -0.150. The Kier molecular flexibility index (Phi) is 2.85. The van der Waals surface area contributed by atoms with Crippen molar-refractivity contribution in [2.45, 2.75) is 56.7 Å². The van der Waals surface area contributed by atoms with Gasteiger partial charge in [0.05, 0.1) is 6.10 Å². The van der Waals surface area contributed by atoms with Crippen molar-refractivity contribution in [3.63, 3.8) is 0 Å². The zero-order valence-corrected chi connectivity index (χ0v) is 11.5. The lowest BCUT2D eigenvalue weighted by Gasteiger charge is -2.57. The fourth-order valence-electron chi connectivity index (χ4n) is 5.07. The molecule has 1 N–H and O–H groups in total. The summed E-state index contributed by atoms with van der Waals surface area (Å²) in [7, 11) is 0. The Morgan fingerprint density at radius 2 is 1.89 bits per heavy atom. The third-order valence-corrected chi connectivity index (χ3v) is 5.94. The molecular weight excluding hydrogens is 240 g/mol. The van der Waals surface area contributed by atoms with Gasteiger partial charge in [-0.15, -0.1) is 0 Å². The van der Waals surface area contributed by atoms with Crippen LogP contribution in [0.1, 0.15) is 38.5 Å². The van der Waals surface area contributed by atoms with Gasteiger partial charge < -0.3 is 10.0 Å². The molecule has 4 saturated heterocycles. The van der Waals surface area contributed by atoms with Crippen molar-refractivity contribution in [2.24, 2.45) is 11.8 Å². The van der Waals surface area contributed by atoms with Crippen LogP contribution in [0.3, 0.4) is 0 Å². The molecule has 0 aromatic rings. The molecule has 0 unspecified atom stereocenters. The number of hydrogen-bond acceptors (Lipinski definition) is 3. The minimum Gasteiger partial charge on any atom is -0.393 e. The van der Waals surface area contributed by atoms with Gasteiger partial charge in [-0.3, -0.25) is 9.69 Å². The molecule has 5 atom stereocenters. The fourth-order valence-corrected chi connectivity index (χ4v) is 5.07. The SMILES string of the molecule is O=C1CCC[C@@H]2[C@H]3C[C@H](CN12)[C@H]1C[C@H](O)CCN1C3. The third kappa shape index (κ3) is 1.91. The molecule has 2 bridgehead atoms. The molecule has 4 rings (SSSR count). The molecule has 4 heteroatoms. The highest BCUT2D eigenvalue weighted by Gasteiger charge is 2.48. The monoisotopic (exact) mass is 264 g/mol. The van der Waals surface area contributed by atoms with Crippen LogP contribution in [0.5, 0.6) is 0 Å². The molecule has 0 spiro atoms. The first-order chi connectivity index (χ1) is 9.22. The molecule has 4 nitrogen and oxygen atoms in total. The molecule has 19 heavy (non-hydrogen) atoms. The zero-order chi connectivity index (χ0) is 13.0. The molecule has 4 fully saturated rings. The molecule has 0 aliphatic carbocycles. The molecule has 4 aliphatic heterocycles. The number of rotatable bonds is 0. The molecule has 0 aromatic carbocycles. The largest absolute Gasteiger partial charge is 0.393 e. The number of piperidine rings is 4. The quantitative estimate of drug-likeness (QED) is 0.705. The number of aliphatic hydroxyl groups excluding tert-OH is 1. The lowest BCUT2D eigenvalue weighted by atomic mass is 9.70. The van der Waals surface area contributed by atoms with Crippen molar-refractivity contribution in [1.82, 2.24) is 9.80 Å². The summed E-state index contributed by atoms with van der Waals surface area (Å²) >= 11 is 0. The fraction of sp³-hybridized carbons (Fsp3) is 0.933. The van der Waals surface area contributed by atoms with E-state index in [1.165, 1.54) is 12.8 Å². The minimum atomic E-state index is -0.118. The molecule has 0 radical (unpaired) electrons. The van der Waals surface area contributed by atoms with E-state index in [0.29, 0.717) is 29.8 Å². The number of carbonyl (C=O) groups excluding carboxylic acids is 1. The average molecular weight is 264 g/mol. The highest BCUT2D eigenvalue weighted by molar-refractivity contribution is 5.77. The van der Waals surface area contributed by atoms with Gasteiger partial charge in [0.2, 0.25) is 5.91 Å². The van der Waals surface area contributed by atoms with Crippen molar-refractivity contribution in [3.05, 3.63) is 0 Å². The Morgan fingerprint density at radius 1 is 1.05 bits per heavy atom. The van der Waals surface area contributed by atoms with Crippen LogP contribution in [0.25, 0.3) is 0 Å². The summed E-state index contributed by atoms with van der Waals surface area (Å²) in [6.45, 7) is 3.16. The summed E-state index contributed by atoms with van der Waals surface area (Å²) < 4.78 is 0. The highest BCUT2D eigenvalue weighted by Crippen LogP contribution is 2.42. The van der Waals surface area contributed by atoms with Crippen molar-refractivity contribution < 1.29 is 9.90 Å². The number of fused-ring (bicyclic) bond motifs is 6. The predicted molar refractivity (Wildman–Crippen MR) is 71.6 cm³/mol. The highest BCUT2D eigenvalue weighted by atomic mass is 16.3. The number of nitrogens with zero attached hydrogens (tertiary/aromatic N) is 2. The Labute approximate surface area is 114 Å². The van der Waals surface area contributed by atoms with Crippen LogP contribution in [0.4, 0.5) is 0 Å². The Morgan fingerprint density at radius 3 is 2.79 bits per heavy atom. The van der Waals surface area contributed by atoms with Crippen molar-refractivity contribution >= 4 is 5.91 Å². The smallest absolute Gasteiger partial charge is 0.222 e. The van der Waals surface area contributed by atoms with Crippen LogP contribution >= 0.6 is 0 Å². The van der Waals surface area contributed by atoms with Crippen LogP contribution in [-0.4, -0.2) is 58.6 Å². The standard InChI is InChI=1S/C15H24N2O2/c18-12-4-5-16-8-10-6-11(14(16)7-12)9-17-13(10)2-1-3-15(17)19/h10-14,18H,1-9H2/t10-,11+,12+,13+,14+/m0/s1. The number of carbonyl (C=O) groups is 1. The number of amides is 1. The van der Waals surface area contributed by atoms with Crippen molar-refractivity contribution in [1.29, 1.82) is 0 Å². The van der Waals surface area contributed by atoms with E-state index in [2.05, 4.69) is 9.80 Å². The van der Waals surface area contributed by atoms with Gasteiger partial charge in [0.25, 0.3) is 0 Å². The van der Waals surface area contributed by atoms with E-state index < -0.39 is 0 Å². The maximum Gasteiger partial charge on any atom is 0.222 e. The third-order valence-electron chi connectivity index (χ3n) is 5.94. The maximum atomic E-state index is 12.1. The van der Waals surface area contributed by atoms with Gasteiger partial charge in [0, 0.05) is 38.1 Å². The molecule has 1 amide bonds. The van der Waals surface area contributed by atoms with Crippen LogP contribution < -0.4 is 0 Å². The van der Waals surface area contributed by atoms with Crippen LogP contribution in [0, 0.1) is 11.8 Å². The van der Waals surface area contributed by atoms with E-state index >= 15 is 0 Å². The van der Waals surface area contributed by atoms with E-state index in [9.17, 15) is 9.90 Å². The second kappa shape index (κ2) is 4.45. The summed E-state index contributed by atoms with van der Waals surface area (Å²) in [5.74, 6) is 1.68. The molecule has 106 valence electrons. The second-order valence-electron chi connectivity index (χ2n) is 7.00. The summed E-state index contributed by atoms with van der Waals surface area (Å²) in [6, 6.07) is 1.04. The Balaban J connectivity index is 1.58. The first-order valence-electron chi connectivity index (χ1n) is 7.94. The zero-order valence-electron chi connectivity index (χ0n) is 11.5. The Hall–Kier alpha value is -0.610. The van der Waals surface area contributed by atoms with Gasteiger partial charge >= 0.3 is 0 Å². The van der Waals surface area contributed by atoms with E-state index in [-0.39, 0.29) is 6.10 Å². The van der Waals surface area contributed by atoms with Crippen molar-refractivity contribution in [3.8, 4) is 0 Å². The van der Waals surface area contributed by atoms with E-state index in [0.717, 1.165) is 45.3 Å². The van der Waals surface area contributed by atoms with Crippen molar-refractivity contribution in [2.75, 3.05) is 19.6 Å². The van der Waals surface area contributed by atoms with Gasteiger partial charge in [-0.05, 0) is 43.9 Å². The van der Waals surface area contributed by atoms with E-state index in [1.54, 1.807) is 0 Å². The number of hydrogen-bond donors (Lipinski definition) is 1. The minimum absolute atomic E-state index is 0.118.